The number of aromatic nitrogens is 2. The lowest BCUT2D eigenvalue weighted by Gasteiger charge is -2.22. The van der Waals surface area contributed by atoms with Crippen LogP contribution in [0.25, 0.3) is 5.57 Å². The molecule has 2 fully saturated rings. The second-order valence-corrected chi connectivity index (χ2v) is 9.07. The summed E-state index contributed by atoms with van der Waals surface area (Å²) in [6.07, 6.45) is 6.27. The van der Waals surface area contributed by atoms with Crippen molar-refractivity contribution in [2.24, 2.45) is 29.6 Å². The fourth-order valence-electron chi connectivity index (χ4n) is 4.99. The lowest BCUT2D eigenvalue weighted by Crippen LogP contribution is -2.38. The Hall–Kier alpha value is -3.11. The van der Waals surface area contributed by atoms with Gasteiger partial charge in [-0.15, -0.1) is 0 Å². The zero-order valence-corrected chi connectivity index (χ0v) is 19.3. The number of hydrogen-bond donors (Lipinski definition) is 2. The van der Waals surface area contributed by atoms with Crippen molar-refractivity contribution in [2.45, 2.75) is 32.6 Å². The molecule has 2 aliphatic rings. The van der Waals surface area contributed by atoms with Gasteiger partial charge in [-0.1, -0.05) is 19.1 Å². The largest absolute Gasteiger partial charge is 0.370 e. The molecule has 4 rings (SSSR count). The fraction of sp³-hybridized carbons (Fsp3) is 0.480. The Morgan fingerprint density at radius 1 is 1.25 bits per heavy atom. The van der Waals surface area contributed by atoms with Crippen molar-refractivity contribution in [1.82, 2.24) is 20.0 Å². The Morgan fingerprint density at radius 3 is 2.47 bits per heavy atom. The predicted octanol–water partition coefficient (Wildman–Crippen LogP) is 2.99. The average molecular weight is 432 g/mol. The first kappa shape index (κ1) is 22.1. The number of nitrogens with zero attached hydrogens (tertiary/aromatic N) is 5. The van der Waals surface area contributed by atoms with E-state index in [9.17, 15) is 0 Å². The van der Waals surface area contributed by atoms with Crippen LogP contribution in [0.15, 0.2) is 41.7 Å². The molecule has 0 radical (unpaired) electrons. The number of nitrogens with two attached hydrogens (primary N) is 1. The number of aliphatic imine (C=N–C) groups is 1. The molecular formula is C25H33N7. The number of likely N-dealkylation sites (tertiary alicyclic amines) is 1. The first-order valence-corrected chi connectivity index (χ1v) is 11.5. The Morgan fingerprint density at radius 2 is 1.91 bits per heavy atom. The number of guanidine groups is 1. The van der Waals surface area contributed by atoms with Crippen LogP contribution in [0, 0.1) is 30.1 Å². The van der Waals surface area contributed by atoms with Gasteiger partial charge in [-0.2, -0.15) is 10.4 Å². The lowest BCUT2D eigenvalue weighted by atomic mass is 9.88. The minimum absolute atomic E-state index is 0.0803. The summed E-state index contributed by atoms with van der Waals surface area (Å²) in [6, 6.07) is 9.93. The molecule has 3 unspecified atom stereocenters. The molecular weight excluding hydrogens is 398 g/mol. The van der Waals surface area contributed by atoms with Crippen molar-refractivity contribution in [1.29, 1.82) is 5.26 Å². The molecule has 0 saturated carbocycles. The summed E-state index contributed by atoms with van der Waals surface area (Å²) in [5, 5.41) is 17.2. The zero-order valence-electron chi connectivity index (χ0n) is 19.3. The molecule has 2 saturated heterocycles. The lowest BCUT2D eigenvalue weighted by molar-refractivity contribution is 0.409. The van der Waals surface area contributed by atoms with Gasteiger partial charge in [-0.25, -0.2) is 4.99 Å². The van der Waals surface area contributed by atoms with Crippen LogP contribution in [-0.4, -0.2) is 46.8 Å². The summed E-state index contributed by atoms with van der Waals surface area (Å²) in [5.74, 6) is 2.18. The Kier molecular flexibility index (Phi) is 6.61. The fourth-order valence-corrected chi connectivity index (χ4v) is 4.99. The molecule has 7 nitrogen and oxygen atoms in total. The average Bonchev–Trinajstić information content (AvgIpc) is 3.32. The third-order valence-electron chi connectivity index (χ3n) is 7.01. The highest BCUT2D eigenvalue weighted by molar-refractivity contribution is 5.81. The number of nitrogens with one attached hydrogen (secondary N) is 1. The molecule has 0 bridgehead atoms. The van der Waals surface area contributed by atoms with Crippen molar-refractivity contribution in [2.75, 3.05) is 26.2 Å². The molecule has 1 aromatic carbocycles. The van der Waals surface area contributed by atoms with Crippen LogP contribution in [0.2, 0.25) is 0 Å². The summed E-state index contributed by atoms with van der Waals surface area (Å²) in [7, 11) is 1.93. The van der Waals surface area contributed by atoms with Crippen LogP contribution in [-0.2, 0) is 7.05 Å². The zero-order chi connectivity index (χ0) is 22.7. The van der Waals surface area contributed by atoms with E-state index in [2.05, 4.69) is 28.3 Å². The van der Waals surface area contributed by atoms with Crippen LogP contribution in [0.1, 0.15) is 48.1 Å². The molecule has 3 N–H and O–H groups in total. The number of rotatable bonds is 4. The first-order valence-electron chi connectivity index (χ1n) is 11.5. The molecule has 3 atom stereocenters. The SMILES string of the molecule is Cc1nn(C)cc1/C(=C/N=C(\N)N1CCC2CNCC2CC1)C(C)c1ccc(C#N)cc1. The topological polar surface area (TPSA) is 95.3 Å². The van der Waals surface area contributed by atoms with E-state index in [0.717, 1.165) is 73.3 Å². The molecule has 168 valence electrons. The van der Waals surface area contributed by atoms with E-state index in [1.165, 1.54) is 0 Å². The number of benzene rings is 1. The van der Waals surface area contributed by atoms with Crippen molar-refractivity contribution >= 4 is 11.5 Å². The second kappa shape index (κ2) is 9.58. The van der Waals surface area contributed by atoms with Crippen molar-refractivity contribution in [3.8, 4) is 6.07 Å². The molecule has 0 amide bonds. The molecule has 0 spiro atoms. The van der Waals surface area contributed by atoms with Gasteiger partial charge in [0.15, 0.2) is 5.96 Å². The van der Waals surface area contributed by atoms with Gasteiger partial charge in [-0.3, -0.25) is 4.68 Å². The summed E-state index contributed by atoms with van der Waals surface area (Å²) in [6.45, 7) is 8.34. The van der Waals surface area contributed by atoms with Crippen molar-refractivity contribution in [3.05, 3.63) is 59.0 Å². The maximum atomic E-state index is 9.12. The standard InChI is InChI=1S/C25H33N7/c1-17(20-6-4-19(12-26)5-7-20)23(24-16-31(3)30-18(24)2)15-29-25(27)32-10-8-21-13-28-14-22(21)9-11-32/h4-7,15-17,21-22,28H,8-11,13-14H2,1-3H3,(H2,27,29)/b23-15+. The monoisotopic (exact) mass is 431 g/mol. The molecule has 1 aromatic heterocycles. The van der Waals surface area contributed by atoms with E-state index in [1.54, 1.807) is 0 Å². The van der Waals surface area contributed by atoms with E-state index in [0.29, 0.717) is 11.5 Å². The van der Waals surface area contributed by atoms with E-state index >= 15 is 0 Å². The van der Waals surface area contributed by atoms with Gasteiger partial charge in [0, 0.05) is 44.0 Å². The van der Waals surface area contributed by atoms with Gasteiger partial charge in [0.25, 0.3) is 0 Å². The quantitative estimate of drug-likeness (QED) is 0.573. The predicted molar refractivity (Wildman–Crippen MR) is 128 cm³/mol. The summed E-state index contributed by atoms with van der Waals surface area (Å²) >= 11 is 0. The van der Waals surface area contributed by atoms with Crippen LogP contribution in [0.5, 0.6) is 0 Å². The van der Waals surface area contributed by atoms with Gasteiger partial charge < -0.3 is 16.0 Å². The van der Waals surface area contributed by atoms with Gasteiger partial charge in [0.05, 0.1) is 17.3 Å². The third kappa shape index (κ3) is 4.71. The molecule has 0 aliphatic carbocycles. The van der Waals surface area contributed by atoms with Crippen molar-refractivity contribution in [3.63, 3.8) is 0 Å². The Balaban J connectivity index is 1.61. The number of fused-ring (bicyclic) bond motifs is 1. The summed E-state index contributed by atoms with van der Waals surface area (Å²) in [5.41, 5.74) is 11.4. The molecule has 7 heteroatoms. The highest BCUT2D eigenvalue weighted by atomic mass is 15.3. The second-order valence-electron chi connectivity index (χ2n) is 9.07. The highest BCUT2D eigenvalue weighted by Gasteiger charge is 2.30. The van der Waals surface area contributed by atoms with Gasteiger partial charge in [-0.05, 0) is 68.0 Å². The number of hydrogen-bond acceptors (Lipinski definition) is 4. The Labute approximate surface area is 190 Å². The Bertz CT molecular complexity index is 1030. The maximum absolute atomic E-state index is 9.12. The van der Waals surface area contributed by atoms with E-state index in [4.69, 9.17) is 16.0 Å². The number of allylic oxidation sites excluding steroid dienone is 1. The van der Waals surface area contributed by atoms with Crippen LogP contribution < -0.4 is 11.1 Å². The number of nitriles is 1. The first-order chi connectivity index (χ1) is 15.5. The smallest absolute Gasteiger partial charge is 0.195 e. The maximum Gasteiger partial charge on any atom is 0.195 e. The van der Waals surface area contributed by atoms with E-state index in [1.807, 2.05) is 55.3 Å². The van der Waals surface area contributed by atoms with E-state index in [-0.39, 0.29) is 5.92 Å². The minimum Gasteiger partial charge on any atom is -0.370 e. The number of aryl methyl sites for hydroxylation is 2. The van der Waals surface area contributed by atoms with Gasteiger partial charge >= 0.3 is 0 Å². The highest BCUT2D eigenvalue weighted by Crippen LogP contribution is 2.33. The molecule has 2 aliphatic heterocycles. The van der Waals surface area contributed by atoms with E-state index < -0.39 is 0 Å². The molecule has 2 aromatic rings. The summed E-state index contributed by atoms with van der Waals surface area (Å²) in [4.78, 5) is 6.98. The normalized spacial score (nSPS) is 22.9. The minimum atomic E-state index is 0.0803. The van der Waals surface area contributed by atoms with Gasteiger partial charge in [0.2, 0.25) is 0 Å². The third-order valence-corrected chi connectivity index (χ3v) is 7.01. The van der Waals surface area contributed by atoms with Crippen LogP contribution >= 0.6 is 0 Å². The van der Waals surface area contributed by atoms with Crippen molar-refractivity contribution < 1.29 is 0 Å². The van der Waals surface area contributed by atoms with Gasteiger partial charge in [0.1, 0.15) is 0 Å². The van der Waals surface area contributed by atoms with Crippen LogP contribution in [0.3, 0.4) is 0 Å². The molecule has 3 heterocycles. The van der Waals surface area contributed by atoms with Crippen LogP contribution in [0.4, 0.5) is 0 Å². The summed E-state index contributed by atoms with van der Waals surface area (Å²) < 4.78 is 1.83. The molecule has 32 heavy (non-hydrogen) atoms.